The lowest BCUT2D eigenvalue weighted by molar-refractivity contribution is 0.00578. The molecule has 1 aromatic carbocycles. The van der Waals surface area contributed by atoms with Crippen LogP contribution in [-0.4, -0.2) is 18.3 Å². The number of halogens is 6. The van der Waals surface area contributed by atoms with Crippen molar-refractivity contribution in [1.29, 1.82) is 0 Å². The Morgan fingerprint density at radius 3 is 1.70 bits per heavy atom. The maximum Gasteiger partial charge on any atom is 0.525 e. The highest BCUT2D eigenvalue weighted by atomic mass is 79.9. The van der Waals surface area contributed by atoms with Gasteiger partial charge in [0, 0.05) is 0 Å². The lowest BCUT2D eigenvalue weighted by atomic mass is 9.86. The number of hydrogen-bond donors (Lipinski definition) is 0. The Balaban J connectivity index is 2.45. The molecule has 23 heavy (non-hydrogen) atoms. The van der Waals surface area contributed by atoms with E-state index in [0.29, 0.717) is 6.08 Å². The molecule has 9 heteroatoms. The average Bonchev–Trinajstić information content (AvgIpc) is 2.67. The molecule has 126 valence electrons. The van der Waals surface area contributed by atoms with Crippen molar-refractivity contribution in [1.82, 2.24) is 0 Å². The van der Waals surface area contributed by atoms with Crippen molar-refractivity contribution < 1.29 is 31.3 Å². The summed E-state index contributed by atoms with van der Waals surface area (Å²) >= 11 is 2.38. The molecule has 0 aliphatic carbocycles. The SMILES string of the molecule is CC1(C)OB(C(F)=Cc2c(F)c(F)c(Br)c(F)c2F)OC1(C)C. The van der Waals surface area contributed by atoms with Gasteiger partial charge in [0.2, 0.25) is 0 Å². The van der Waals surface area contributed by atoms with Gasteiger partial charge >= 0.3 is 7.12 Å². The third-order valence-corrected chi connectivity index (χ3v) is 4.70. The molecule has 1 saturated heterocycles. The minimum atomic E-state index is -1.72. The molecule has 0 aromatic heterocycles. The summed E-state index contributed by atoms with van der Waals surface area (Å²) in [5, 5.41) is 0. The van der Waals surface area contributed by atoms with Crippen LogP contribution in [0.4, 0.5) is 22.0 Å². The first-order valence-corrected chi connectivity index (χ1v) is 7.42. The van der Waals surface area contributed by atoms with E-state index in [9.17, 15) is 22.0 Å². The summed E-state index contributed by atoms with van der Waals surface area (Å²) in [7, 11) is -1.53. The summed E-state index contributed by atoms with van der Waals surface area (Å²) < 4.78 is 78.4. The summed E-state index contributed by atoms with van der Waals surface area (Å²) in [6.45, 7) is 6.61. The van der Waals surface area contributed by atoms with Gasteiger partial charge < -0.3 is 9.31 Å². The van der Waals surface area contributed by atoms with Gasteiger partial charge in [-0.25, -0.2) is 22.0 Å². The van der Waals surface area contributed by atoms with Crippen molar-refractivity contribution in [3.8, 4) is 0 Å². The first-order chi connectivity index (χ1) is 10.4. The van der Waals surface area contributed by atoms with Gasteiger partial charge in [-0.3, -0.25) is 0 Å². The number of benzene rings is 1. The topological polar surface area (TPSA) is 18.5 Å². The normalized spacial score (nSPS) is 20.3. The summed E-state index contributed by atoms with van der Waals surface area (Å²) in [5.41, 5.74) is -4.15. The van der Waals surface area contributed by atoms with Crippen LogP contribution < -0.4 is 0 Å². The predicted octanol–water partition coefficient (Wildman–Crippen LogP) is 4.95. The van der Waals surface area contributed by atoms with Crippen molar-refractivity contribution in [3.63, 3.8) is 0 Å². The van der Waals surface area contributed by atoms with Crippen LogP contribution in [0.1, 0.15) is 33.3 Å². The van der Waals surface area contributed by atoms with Crippen LogP contribution in [0.25, 0.3) is 6.08 Å². The molecule has 0 saturated carbocycles. The molecule has 0 N–H and O–H groups in total. The molecule has 0 amide bonds. The van der Waals surface area contributed by atoms with E-state index < -0.39 is 57.4 Å². The van der Waals surface area contributed by atoms with Gasteiger partial charge in [-0.05, 0) is 49.7 Å². The summed E-state index contributed by atoms with van der Waals surface area (Å²) in [4.78, 5) is 0. The van der Waals surface area contributed by atoms with Crippen LogP contribution in [0.3, 0.4) is 0 Å². The van der Waals surface area contributed by atoms with E-state index in [0.717, 1.165) is 0 Å². The number of rotatable bonds is 2. The first kappa shape index (κ1) is 18.4. The molecule has 0 radical (unpaired) electrons. The Kier molecular flexibility index (Phi) is 4.69. The van der Waals surface area contributed by atoms with Crippen molar-refractivity contribution in [3.05, 3.63) is 39.0 Å². The molecular formula is C14H13BBrF5O2. The van der Waals surface area contributed by atoms with Gasteiger partial charge in [0.25, 0.3) is 0 Å². The van der Waals surface area contributed by atoms with Crippen LogP contribution >= 0.6 is 15.9 Å². The van der Waals surface area contributed by atoms with Gasteiger partial charge in [-0.1, -0.05) is 0 Å². The lowest BCUT2D eigenvalue weighted by Gasteiger charge is -2.32. The molecule has 0 bridgehead atoms. The van der Waals surface area contributed by atoms with E-state index in [1.807, 2.05) is 0 Å². The summed E-state index contributed by atoms with van der Waals surface area (Å²) in [6.07, 6.45) is 0.325. The fraction of sp³-hybridized carbons (Fsp3) is 0.429. The monoisotopic (exact) mass is 398 g/mol. The van der Waals surface area contributed by atoms with Gasteiger partial charge in [0.15, 0.2) is 23.3 Å². The second kappa shape index (κ2) is 5.86. The molecule has 0 spiro atoms. The molecular weight excluding hydrogens is 386 g/mol. The Bertz CT molecular complexity index is 645. The van der Waals surface area contributed by atoms with Gasteiger partial charge in [0.05, 0.1) is 21.2 Å². The Labute approximate surface area is 138 Å². The predicted molar refractivity (Wildman–Crippen MR) is 79.1 cm³/mol. The third-order valence-electron chi connectivity index (χ3n) is 4.00. The highest BCUT2D eigenvalue weighted by Gasteiger charge is 2.53. The van der Waals surface area contributed by atoms with E-state index >= 15 is 0 Å². The fourth-order valence-electron chi connectivity index (χ4n) is 1.91. The van der Waals surface area contributed by atoms with Crippen LogP contribution in [-0.2, 0) is 9.31 Å². The maximum atomic E-state index is 14.2. The van der Waals surface area contributed by atoms with Crippen molar-refractivity contribution in [2.24, 2.45) is 0 Å². The van der Waals surface area contributed by atoms with Crippen molar-refractivity contribution in [2.75, 3.05) is 0 Å². The van der Waals surface area contributed by atoms with Crippen molar-refractivity contribution >= 4 is 29.1 Å². The summed E-state index contributed by atoms with van der Waals surface area (Å²) in [6, 6.07) is 0. The van der Waals surface area contributed by atoms with E-state index in [4.69, 9.17) is 9.31 Å². The Morgan fingerprint density at radius 2 is 1.30 bits per heavy atom. The van der Waals surface area contributed by atoms with Gasteiger partial charge in [-0.15, -0.1) is 0 Å². The van der Waals surface area contributed by atoms with Gasteiger partial charge in [-0.2, -0.15) is 0 Å². The van der Waals surface area contributed by atoms with Gasteiger partial charge in [0.1, 0.15) is 5.73 Å². The van der Waals surface area contributed by atoms with Crippen LogP contribution in [0.15, 0.2) is 10.2 Å². The molecule has 1 heterocycles. The minimum Gasteiger partial charge on any atom is -0.398 e. The third kappa shape index (κ3) is 3.06. The molecule has 1 aliphatic rings. The first-order valence-electron chi connectivity index (χ1n) is 6.63. The largest absolute Gasteiger partial charge is 0.525 e. The van der Waals surface area contributed by atoms with Crippen molar-refractivity contribution in [2.45, 2.75) is 38.9 Å². The standard InChI is InChI=1S/C14H13BBrF5O2/c1-13(2)14(3,4)23-15(22-13)7(17)5-6-9(18)11(20)8(16)12(21)10(6)19/h5H,1-4H3. The van der Waals surface area contributed by atoms with E-state index in [2.05, 4.69) is 15.9 Å². The lowest BCUT2D eigenvalue weighted by Crippen LogP contribution is -2.41. The molecule has 0 unspecified atom stereocenters. The molecule has 0 atom stereocenters. The molecule has 2 nitrogen and oxygen atoms in total. The molecule has 1 aliphatic heterocycles. The Morgan fingerprint density at radius 1 is 0.913 bits per heavy atom. The molecule has 1 fully saturated rings. The zero-order valence-corrected chi connectivity index (χ0v) is 14.3. The van der Waals surface area contributed by atoms with Crippen LogP contribution in [0, 0.1) is 23.3 Å². The molecule has 1 aromatic rings. The number of hydrogen-bond acceptors (Lipinski definition) is 2. The smallest absolute Gasteiger partial charge is 0.398 e. The van der Waals surface area contributed by atoms with Crippen LogP contribution in [0.5, 0.6) is 0 Å². The van der Waals surface area contributed by atoms with E-state index in [-0.39, 0.29) is 0 Å². The zero-order valence-electron chi connectivity index (χ0n) is 12.7. The second-order valence-electron chi connectivity index (χ2n) is 6.10. The zero-order chi connectivity index (χ0) is 17.7. The highest BCUT2D eigenvalue weighted by molar-refractivity contribution is 9.10. The minimum absolute atomic E-state index is 0.325. The van der Waals surface area contributed by atoms with E-state index in [1.54, 1.807) is 27.7 Å². The second-order valence-corrected chi connectivity index (χ2v) is 6.89. The quantitative estimate of drug-likeness (QED) is 0.304. The maximum absolute atomic E-state index is 14.2. The average molecular weight is 399 g/mol. The fourth-order valence-corrected chi connectivity index (χ4v) is 2.26. The molecule has 2 rings (SSSR count). The Hall–Kier alpha value is -0.925. The highest BCUT2D eigenvalue weighted by Crippen LogP contribution is 2.39. The van der Waals surface area contributed by atoms with Crippen LogP contribution in [0.2, 0.25) is 0 Å². The van der Waals surface area contributed by atoms with E-state index in [1.165, 1.54) is 0 Å². The summed E-state index contributed by atoms with van der Waals surface area (Å²) in [5.74, 6) is -6.75.